The van der Waals surface area contributed by atoms with Gasteiger partial charge in [0.05, 0.1) is 17.4 Å². The summed E-state index contributed by atoms with van der Waals surface area (Å²) in [6.45, 7) is 3.75. The van der Waals surface area contributed by atoms with Crippen molar-refractivity contribution >= 4 is 5.65 Å². The van der Waals surface area contributed by atoms with Gasteiger partial charge in [0, 0.05) is 18.0 Å². The molecule has 0 saturated heterocycles. The van der Waals surface area contributed by atoms with E-state index in [-0.39, 0.29) is 17.4 Å². The highest BCUT2D eigenvalue weighted by Gasteiger charge is 2.34. The Bertz CT molecular complexity index is 855. The molecule has 3 nitrogen and oxygen atoms in total. The molecule has 0 saturated carbocycles. The predicted octanol–water partition coefficient (Wildman–Crippen LogP) is 5.20. The van der Waals surface area contributed by atoms with E-state index < -0.39 is 11.7 Å². The molecule has 2 aromatic heterocycles. The topological polar surface area (TPSA) is 26.5 Å². The molecular formula is C18H17F3N2O. The summed E-state index contributed by atoms with van der Waals surface area (Å²) < 4.78 is 47.9. The molecule has 3 rings (SSSR count). The standard InChI is InChI=1S/C18H17F3N2O/c1-3-12(2)24-13-7-8-14(15(11-13)18(19,20)21)16-5-4-6-17-22-9-10-23(16)17/h4-12H,3H2,1-2H3. The fourth-order valence-corrected chi connectivity index (χ4v) is 2.54. The average Bonchev–Trinajstić information content (AvgIpc) is 3.02. The number of aromatic nitrogens is 2. The predicted molar refractivity (Wildman–Crippen MR) is 86.0 cm³/mol. The van der Waals surface area contributed by atoms with Crippen molar-refractivity contribution in [3.05, 3.63) is 54.4 Å². The number of ether oxygens (including phenoxy) is 1. The van der Waals surface area contributed by atoms with E-state index in [9.17, 15) is 13.2 Å². The van der Waals surface area contributed by atoms with Crippen LogP contribution in [0.2, 0.25) is 0 Å². The lowest BCUT2D eigenvalue weighted by atomic mass is 10.0. The van der Waals surface area contributed by atoms with E-state index in [0.717, 1.165) is 12.5 Å². The number of rotatable bonds is 4. The van der Waals surface area contributed by atoms with Crippen LogP contribution in [0.3, 0.4) is 0 Å². The van der Waals surface area contributed by atoms with Crippen LogP contribution in [0.1, 0.15) is 25.8 Å². The Morgan fingerprint density at radius 3 is 2.71 bits per heavy atom. The molecule has 0 N–H and O–H groups in total. The lowest BCUT2D eigenvalue weighted by Gasteiger charge is -2.18. The molecule has 1 unspecified atom stereocenters. The summed E-state index contributed by atoms with van der Waals surface area (Å²) in [5.74, 6) is 0.221. The molecule has 24 heavy (non-hydrogen) atoms. The molecule has 0 aliphatic heterocycles. The van der Waals surface area contributed by atoms with Gasteiger partial charge in [-0.2, -0.15) is 13.2 Å². The highest BCUT2D eigenvalue weighted by Crippen LogP contribution is 2.39. The van der Waals surface area contributed by atoms with Crippen molar-refractivity contribution in [2.45, 2.75) is 32.5 Å². The Morgan fingerprint density at radius 2 is 2.00 bits per heavy atom. The van der Waals surface area contributed by atoms with E-state index in [1.54, 1.807) is 41.1 Å². The Kier molecular flexibility index (Phi) is 4.22. The third-order valence-electron chi connectivity index (χ3n) is 3.91. The molecule has 0 radical (unpaired) electrons. The van der Waals surface area contributed by atoms with Gasteiger partial charge in [0.1, 0.15) is 11.4 Å². The van der Waals surface area contributed by atoms with Crippen molar-refractivity contribution in [2.24, 2.45) is 0 Å². The third kappa shape index (κ3) is 3.09. The van der Waals surface area contributed by atoms with Gasteiger partial charge in [0.2, 0.25) is 0 Å². The van der Waals surface area contributed by atoms with Crippen LogP contribution < -0.4 is 4.74 Å². The fraction of sp³-hybridized carbons (Fsp3) is 0.278. The maximum absolute atomic E-state index is 13.6. The lowest BCUT2D eigenvalue weighted by molar-refractivity contribution is -0.137. The molecule has 1 aromatic carbocycles. The highest BCUT2D eigenvalue weighted by molar-refractivity contribution is 5.69. The van der Waals surface area contributed by atoms with Crippen LogP contribution in [0.15, 0.2) is 48.8 Å². The maximum Gasteiger partial charge on any atom is 0.417 e. The van der Waals surface area contributed by atoms with Crippen LogP contribution in [-0.4, -0.2) is 15.5 Å². The number of hydrogen-bond donors (Lipinski definition) is 0. The number of alkyl halides is 3. The van der Waals surface area contributed by atoms with E-state index in [2.05, 4.69) is 4.98 Å². The van der Waals surface area contributed by atoms with Gasteiger partial charge in [-0.1, -0.05) is 13.0 Å². The zero-order valence-electron chi connectivity index (χ0n) is 13.3. The summed E-state index contributed by atoms with van der Waals surface area (Å²) in [6, 6.07) is 9.19. The number of fused-ring (bicyclic) bond motifs is 1. The summed E-state index contributed by atoms with van der Waals surface area (Å²) in [4.78, 5) is 4.12. The molecule has 0 bridgehead atoms. The first-order valence-corrected chi connectivity index (χ1v) is 7.70. The molecule has 6 heteroatoms. The molecule has 0 fully saturated rings. The molecule has 0 aliphatic rings. The molecule has 3 aromatic rings. The number of imidazole rings is 1. The molecule has 1 atom stereocenters. The van der Waals surface area contributed by atoms with Crippen LogP contribution in [-0.2, 0) is 6.18 Å². The lowest BCUT2D eigenvalue weighted by Crippen LogP contribution is -2.12. The third-order valence-corrected chi connectivity index (χ3v) is 3.91. The largest absolute Gasteiger partial charge is 0.491 e. The summed E-state index contributed by atoms with van der Waals surface area (Å²) in [7, 11) is 0. The van der Waals surface area contributed by atoms with Gasteiger partial charge in [0.25, 0.3) is 0 Å². The summed E-state index contributed by atoms with van der Waals surface area (Å²) in [5.41, 5.74) is 0.417. The smallest absolute Gasteiger partial charge is 0.417 e. The zero-order valence-corrected chi connectivity index (χ0v) is 13.3. The van der Waals surface area contributed by atoms with Crippen LogP contribution in [0, 0.1) is 0 Å². The van der Waals surface area contributed by atoms with Crippen LogP contribution >= 0.6 is 0 Å². The quantitative estimate of drug-likeness (QED) is 0.656. The van der Waals surface area contributed by atoms with Crippen LogP contribution in [0.5, 0.6) is 5.75 Å². The van der Waals surface area contributed by atoms with Crippen molar-refractivity contribution in [1.82, 2.24) is 9.38 Å². The monoisotopic (exact) mass is 334 g/mol. The maximum atomic E-state index is 13.6. The van der Waals surface area contributed by atoms with Crippen molar-refractivity contribution in [2.75, 3.05) is 0 Å². The first kappa shape index (κ1) is 16.4. The van der Waals surface area contributed by atoms with E-state index in [4.69, 9.17) is 4.74 Å². The number of halogens is 3. The van der Waals surface area contributed by atoms with Crippen molar-refractivity contribution in [3.63, 3.8) is 0 Å². The van der Waals surface area contributed by atoms with E-state index in [1.807, 2.05) is 13.8 Å². The van der Waals surface area contributed by atoms with Crippen LogP contribution in [0.25, 0.3) is 16.9 Å². The molecule has 2 heterocycles. The van der Waals surface area contributed by atoms with Crippen molar-refractivity contribution in [1.29, 1.82) is 0 Å². The normalized spacial score (nSPS) is 13.2. The Hall–Kier alpha value is -2.50. The van der Waals surface area contributed by atoms with Gasteiger partial charge in [-0.3, -0.25) is 4.40 Å². The van der Waals surface area contributed by atoms with Gasteiger partial charge in [-0.15, -0.1) is 0 Å². The van der Waals surface area contributed by atoms with Crippen LogP contribution in [0.4, 0.5) is 13.2 Å². The second-order valence-corrected chi connectivity index (χ2v) is 5.61. The molecule has 126 valence electrons. The number of pyridine rings is 1. The molecule has 0 spiro atoms. The van der Waals surface area contributed by atoms with E-state index >= 15 is 0 Å². The number of benzene rings is 1. The molecule has 0 amide bonds. The number of nitrogens with zero attached hydrogens (tertiary/aromatic N) is 2. The van der Waals surface area contributed by atoms with Crippen molar-refractivity contribution < 1.29 is 17.9 Å². The molecular weight excluding hydrogens is 317 g/mol. The van der Waals surface area contributed by atoms with Gasteiger partial charge in [-0.05, 0) is 43.7 Å². The first-order chi connectivity index (χ1) is 11.4. The SMILES string of the molecule is CCC(C)Oc1ccc(-c2cccc3nccn23)c(C(F)(F)F)c1. The summed E-state index contributed by atoms with van der Waals surface area (Å²) in [5, 5.41) is 0. The van der Waals surface area contributed by atoms with Gasteiger partial charge >= 0.3 is 6.18 Å². The van der Waals surface area contributed by atoms with Crippen molar-refractivity contribution in [3.8, 4) is 17.0 Å². The highest BCUT2D eigenvalue weighted by atomic mass is 19.4. The second kappa shape index (κ2) is 6.19. The first-order valence-electron chi connectivity index (χ1n) is 7.70. The summed E-state index contributed by atoms with van der Waals surface area (Å²) >= 11 is 0. The Labute approximate surface area is 137 Å². The van der Waals surface area contributed by atoms with Gasteiger partial charge < -0.3 is 4.74 Å². The van der Waals surface area contributed by atoms with E-state index in [0.29, 0.717) is 11.3 Å². The Balaban J connectivity index is 2.15. The minimum atomic E-state index is -4.48. The fourth-order valence-electron chi connectivity index (χ4n) is 2.54. The zero-order chi connectivity index (χ0) is 17.3. The van der Waals surface area contributed by atoms with E-state index in [1.165, 1.54) is 6.07 Å². The minimum absolute atomic E-state index is 0.0996. The number of hydrogen-bond acceptors (Lipinski definition) is 2. The second-order valence-electron chi connectivity index (χ2n) is 5.61. The minimum Gasteiger partial charge on any atom is -0.491 e. The van der Waals surface area contributed by atoms with Gasteiger partial charge in [-0.25, -0.2) is 4.98 Å². The van der Waals surface area contributed by atoms with Gasteiger partial charge in [0.15, 0.2) is 0 Å². The summed E-state index contributed by atoms with van der Waals surface area (Å²) in [6.07, 6.45) is -0.695. The average molecular weight is 334 g/mol. The Morgan fingerprint density at radius 1 is 1.21 bits per heavy atom. The molecule has 0 aliphatic carbocycles.